The van der Waals surface area contributed by atoms with Gasteiger partial charge in [0.15, 0.2) is 0 Å². The summed E-state index contributed by atoms with van der Waals surface area (Å²) in [4.78, 5) is 40.6. The van der Waals surface area contributed by atoms with Gasteiger partial charge in [-0.1, -0.05) is 12.1 Å². The fourth-order valence-corrected chi connectivity index (χ4v) is 3.16. The van der Waals surface area contributed by atoms with E-state index in [4.69, 9.17) is 16.2 Å². The van der Waals surface area contributed by atoms with Crippen molar-refractivity contribution in [1.82, 2.24) is 14.9 Å². The highest BCUT2D eigenvalue weighted by molar-refractivity contribution is 6.08. The molecule has 4 atom stereocenters. The zero-order chi connectivity index (χ0) is 22.7. The smallest absolute Gasteiger partial charge is 0.351 e. The lowest BCUT2D eigenvalue weighted by Crippen LogP contribution is -2.45. The van der Waals surface area contributed by atoms with Crippen molar-refractivity contribution in [2.75, 3.05) is 12.3 Å². The molecule has 31 heavy (non-hydrogen) atoms. The van der Waals surface area contributed by atoms with Crippen molar-refractivity contribution >= 4 is 17.6 Å². The molecular weight excluding hydrogens is 410 g/mol. The maximum absolute atomic E-state index is 12.6. The molecule has 2 aromatic rings. The van der Waals surface area contributed by atoms with Gasteiger partial charge in [-0.2, -0.15) is 4.98 Å². The van der Waals surface area contributed by atoms with Crippen molar-refractivity contribution in [2.24, 2.45) is 5.73 Å². The van der Waals surface area contributed by atoms with Gasteiger partial charge >= 0.3 is 5.69 Å². The van der Waals surface area contributed by atoms with Crippen LogP contribution in [0.1, 0.15) is 28.6 Å². The highest BCUT2D eigenvalue weighted by Gasteiger charge is 2.35. The molecule has 1 aromatic heterocycles. The van der Waals surface area contributed by atoms with Gasteiger partial charge in [0.2, 0.25) is 5.91 Å². The molecule has 0 aliphatic carbocycles. The monoisotopic (exact) mass is 433 g/mol. The van der Waals surface area contributed by atoms with Crippen LogP contribution < -0.4 is 22.5 Å². The van der Waals surface area contributed by atoms with E-state index in [0.29, 0.717) is 5.56 Å². The van der Waals surface area contributed by atoms with Gasteiger partial charge < -0.3 is 31.5 Å². The van der Waals surface area contributed by atoms with Crippen LogP contribution in [-0.2, 0) is 16.0 Å². The summed E-state index contributed by atoms with van der Waals surface area (Å²) in [6.45, 7) is -0.449. The number of hydrogen-bond donors (Lipinski definition) is 6. The lowest BCUT2D eigenvalue weighted by molar-refractivity contribution is -0.121. The maximum Gasteiger partial charge on any atom is 0.351 e. The first kappa shape index (κ1) is 22.4. The third-order valence-corrected chi connectivity index (χ3v) is 4.89. The minimum atomic E-state index is -1.06. The number of imide groups is 1. The number of hydrogen-bond acceptors (Lipinski definition) is 10. The number of aromatic hydroxyl groups is 1. The first-order chi connectivity index (χ1) is 14.7. The van der Waals surface area contributed by atoms with E-state index in [2.05, 4.69) is 10.3 Å². The molecule has 0 radical (unpaired) electrons. The van der Waals surface area contributed by atoms with Crippen LogP contribution in [-0.4, -0.2) is 61.5 Å². The minimum absolute atomic E-state index is 0.00573. The number of ether oxygens (including phenoxy) is 1. The van der Waals surface area contributed by atoms with E-state index >= 15 is 0 Å². The van der Waals surface area contributed by atoms with E-state index in [9.17, 15) is 29.7 Å². The second-order valence-electron chi connectivity index (χ2n) is 7.14. The molecule has 2 heterocycles. The molecule has 166 valence electrons. The highest BCUT2D eigenvalue weighted by atomic mass is 16.5. The zero-order valence-corrected chi connectivity index (χ0v) is 16.3. The Morgan fingerprint density at radius 1 is 1.32 bits per heavy atom. The van der Waals surface area contributed by atoms with E-state index in [1.165, 1.54) is 12.1 Å². The summed E-state index contributed by atoms with van der Waals surface area (Å²) in [6.07, 6.45) is -1.67. The van der Waals surface area contributed by atoms with Crippen molar-refractivity contribution in [1.29, 1.82) is 0 Å². The summed E-state index contributed by atoms with van der Waals surface area (Å²) in [6, 6.07) is 5.02. The zero-order valence-electron chi connectivity index (χ0n) is 16.3. The van der Waals surface area contributed by atoms with Crippen molar-refractivity contribution in [3.63, 3.8) is 0 Å². The molecule has 1 saturated heterocycles. The number of nitrogens with one attached hydrogen (secondary N) is 1. The van der Waals surface area contributed by atoms with Crippen LogP contribution in [0.2, 0.25) is 0 Å². The largest absolute Gasteiger partial charge is 0.508 e. The number of carbonyl (C=O) groups excluding carboxylic acids is 2. The molecule has 0 saturated carbocycles. The number of aromatic nitrogens is 2. The maximum atomic E-state index is 12.6. The van der Waals surface area contributed by atoms with Crippen LogP contribution in [0.15, 0.2) is 35.3 Å². The molecule has 8 N–H and O–H groups in total. The number of carbonyl (C=O) groups is 2. The quantitative estimate of drug-likeness (QED) is 0.295. The number of benzene rings is 1. The van der Waals surface area contributed by atoms with Gasteiger partial charge in [0, 0.05) is 12.6 Å². The molecule has 0 spiro atoms. The topological polar surface area (TPSA) is 203 Å². The van der Waals surface area contributed by atoms with E-state index < -0.39 is 54.4 Å². The minimum Gasteiger partial charge on any atom is -0.508 e. The molecule has 1 aromatic carbocycles. The Morgan fingerprint density at radius 3 is 2.61 bits per heavy atom. The molecule has 3 rings (SSSR count). The van der Waals surface area contributed by atoms with Crippen molar-refractivity contribution in [3.05, 3.63) is 52.1 Å². The average Bonchev–Trinajstić information content (AvgIpc) is 3.09. The van der Waals surface area contributed by atoms with Crippen LogP contribution >= 0.6 is 0 Å². The Kier molecular flexibility index (Phi) is 6.65. The predicted molar refractivity (Wildman–Crippen MR) is 107 cm³/mol. The summed E-state index contributed by atoms with van der Waals surface area (Å²) in [5.41, 5.74) is 11.1. The SMILES string of the molecule is Nc1nc(=O)n([C@H]2C[C@H](O)[C@@H](CO)O2)cc1C(=O)NC(=O)[C@@H](N)Cc1ccc(O)cc1. The normalized spacial score (nSPS) is 21.6. The Bertz CT molecular complexity index is 1020. The first-order valence-electron chi connectivity index (χ1n) is 9.41. The summed E-state index contributed by atoms with van der Waals surface area (Å²) in [7, 11) is 0. The number of amides is 2. The van der Waals surface area contributed by atoms with Gasteiger partial charge in [0.05, 0.1) is 24.3 Å². The molecule has 1 fully saturated rings. The second-order valence-corrected chi connectivity index (χ2v) is 7.14. The summed E-state index contributed by atoms with van der Waals surface area (Å²) >= 11 is 0. The average molecular weight is 433 g/mol. The number of nitrogens with zero attached hydrogens (tertiary/aromatic N) is 2. The van der Waals surface area contributed by atoms with Crippen LogP contribution in [0, 0.1) is 0 Å². The van der Waals surface area contributed by atoms with Gasteiger partial charge in [-0.25, -0.2) is 4.79 Å². The molecule has 1 aliphatic rings. The highest BCUT2D eigenvalue weighted by Crippen LogP contribution is 2.27. The Labute approximate surface area is 176 Å². The molecular formula is C19H23N5O7. The Balaban J connectivity index is 1.73. The predicted octanol–water partition coefficient (Wildman–Crippen LogP) is -2.00. The molecule has 0 unspecified atom stereocenters. The fraction of sp³-hybridized carbons (Fsp3) is 0.368. The Morgan fingerprint density at radius 2 is 2.00 bits per heavy atom. The van der Waals surface area contributed by atoms with Gasteiger partial charge in [0.25, 0.3) is 5.91 Å². The van der Waals surface area contributed by atoms with Gasteiger partial charge in [-0.05, 0) is 24.1 Å². The number of aliphatic hydroxyl groups is 2. The van der Waals surface area contributed by atoms with Crippen LogP contribution in [0.25, 0.3) is 0 Å². The number of nitrogens with two attached hydrogens (primary N) is 2. The number of rotatable bonds is 6. The molecule has 12 nitrogen and oxygen atoms in total. The number of nitrogen functional groups attached to an aromatic ring is 1. The van der Waals surface area contributed by atoms with E-state index in [1.807, 2.05) is 0 Å². The number of aliphatic hydroxyl groups excluding tert-OH is 2. The summed E-state index contributed by atoms with van der Waals surface area (Å²) < 4.78 is 6.37. The summed E-state index contributed by atoms with van der Waals surface area (Å²) in [5.74, 6) is -2.01. The van der Waals surface area contributed by atoms with Gasteiger partial charge in [0.1, 0.15) is 23.9 Å². The standard InChI is InChI=1S/C19H23N5O7/c20-12(5-9-1-3-10(26)4-2-9)18(29)23-17(28)11-7-24(19(30)22-16(11)21)15-6-13(27)14(8-25)31-15/h1-4,7,12-15,25-27H,5-6,8,20H2,(H2,21,22,30)(H,23,28,29)/t12-,13-,14+,15+/m0/s1. The van der Waals surface area contributed by atoms with E-state index in [0.717, 1.165) is 10.8 Å². The van der Waals surface area contributed by atoms with Crippen molar-refractivity contribution < 1.29 is 29.6 Å². The first-order valence-corrected chi connectivity index (χ1v) is 9.41. The van der Waals surface area contributed by atoms with E-state index in [-0.39, 0.29) is 24.2 Å². The number of anilines is 1. The van der Waals surface area contributed by atoms with Crippen molar-refractivity contribution in [2.45, 2.75) is 37.3 Å². The third-order valence-electron chi connectivity index (χ3n) is 4.89. The molecule has 1 aliphatic heterocycles. The lowest BCUT2D eigenvalue weighted by Gasteiger charge is -2.16. The second kappa shape index (κ2) is 9.22. The van der Waals surface area contributed by atoms with Gasteiger partial charge in [-0.3, -0.25) is 19.5 Å². The van der Waals surface area contributed by atoms with Crippen molar-refractivity contribution in [3.8, 4) is 5.75 Å². The molecule has 12 heteroatoms. The van der Waals surface area contributed by atoms with Gasteiger partial charge in [-0.15, -0.1) is 0 Å². The number of phenolic OH excluding ortho intramolecular Hbond substituents is 1. The molecule has 0 bridgehead atoms. The Hall–Kier alpha value is -3.32. The lowest BCUT2D eigenvalue weighted by atomic mass is 10.1. The third kappa shape index (κ3) is 5.06. The summed E-state index contributed by atoms with van der Waals surface area (Å²) in [5, 5.41) is 30.5. The fourth-order valence-electron chi connectivity index (χ4n) is 3.16. The van der Waals surface area contributed by atoms with Crippen LogP contribution in [0.4, 0.5) is 5.82 Å². The van der Waals surface area contributed by atoms with Crippen LogP contribution in [0.5, 0.6) is 5.75 Å². The van der Waals surface area contributed by atoms with Crippen LogP contribution in [0.3, 0.4) is 0 Å². The molecule has 2 amide bonds. The number of phenols is 1. The van der Waals surface area contributed by atoms with E-state index in [1.54, 1.807) is 12.1 Å².